The van der Waals surface area contributed by atoms with Crippen LogP contribution in [0.15, 0.2) is 53.4 Å². The van der Waals surface area contributed by atoms with E-state index >= 15 is 0 Å². The van der Waals surface area contributed by atoms with Crippen molar-refractivity contribution in [2.75, 3.05) is 18.4 Å². The molecule has 8 heteroatoms. The van der Waals surface area contributed by atoms with Crippen molar-refractivity contribution in [2.45, 2.75) is 51.0 Å². The summed E-state index contributed by atoms with van der Waals surface area (Å²) in [5.41, 5.74) is 1.89. The highest BCUT2D eigenvalue weighted by molar-refractivity contribution is 7.89. The first-order chi connectivity index (χ1) is 15.2. The second-order valence-corrected chi connectivity index (χ2v) is 10.5. The van der Waals surface area contributed by atoms with Crippen LogP contribution in [0.25, 0.3) is 0 Å². The van der Waals surface area contributed by atoms with Gasteiger partial charge in [0.2, 0.25) is 15.9 Å². The summed E-state index contributed by atoms with van der Waals surface area (Å²) in [5.74, 6) is -0.891. The van der Waals surface area contributed by atoms with Crippen molar-refractivity contribution in [2.24, 2.45) is 5.92 Å². The molecule has 1 fully saturated rings. The quantitative estimate of drug-likeness (QED) is 0.665. The highest BCUT2D eigenvalue weighted by Gasteiger charge is 2.28. The lowest BCUT2D eigenvalue weighted by atomic mass is 10.0. The van der Waals surface area contributed by atoms with Crippen LogP contribution in [-0.4, -0.2) is 43.7 Å². The Hall–Kier alpha value is -2.71. The highest BCUT2D eigenvalue weighted by Crippen LogP contribution is 2.23. The zero-order chi connectivity index (χ0) is 23.3. The van der Waals surface area contributed by atoms with Gasteiger partial charge in [-0.05, 0) is 56.0 Å². The Balaban J connectivity index is 1.73. The van der Waals surface area contributed by atoms with E-state index in [1.165, 1.54) is 10.4 Å². The van der Waals surface area contributed by atoms with Gasteiger partial charge in [-0.2, -0.15) is 4.31 Å². The van der Waals surface area contributed by atoms with E-state index in [1.54, 1.807) is 30.3 Å². The molecule has 0 spiro atoms. The number of sulfonamides is 1. The Labute approximate surface area is 190 Å². The average molecular weight is 458 g/mol. The fourth-order valence-corrected chi connectivity index (χ4v) is 5.24. The van der Waals surface area contributed by atoms with E-state index in [0.29, 0.717) is 24.3 Å². The normalized spacial score (nSPS) is 15.9. The number of nitrogens with zero attached hydrogens (tertiary/aromatic N) is 1. The highest BCUT2D eigenvalue weighted by atomic mass is 32.2. The van der Waals surface area contributed by atoms with Gasteiger partial charge >= 0.3 is 0 Å². The first-order valence-electron chi connectivity index (χ1n) is 11.0. The van der Waals surface area contributed by atoms with Crippen molar-refractivity contribution in [1.29, 1.82) is 0 Å². The fourth-order valence-electron chi connectivity index (χ4n) is 3.67. The van der Waals surface area contributed by atoms with Crippen molar-refractivity contribution in [3.05, 3.63) is 59.7 Å². The Morgan fingerprint density at radius 1 is 0.969 bits per heavy atom. The largest absolute Gasteiger partial charge is 0.340 e. The molecule has 1 aliphatic rings. The number of anilines is 1. The predicted octanol–water partition coefficient (Wildman–Crippen LogP) is 3.56. The van der Waals surface area contributed by atoms with Gasteiger partial charge in [0.15, 0.2) is 0 Å². The third-order valence-electron chi connectivity index (χ3n) is 5.60. The number of rotatable bonds is 7. The Bertz CT molecular complexity index is 1060. The van der Waals surface area contributed by atoms with Crippen LogP contribution in [0.2, 0.25) is 0 Å². The standard InChI is InChI=1S/C24H31N3O4S/c1-17(2)22(26-23(28)19-12-10-18(3)11-13-19)24(29)25-20-8-7-9-21(16-20)32(30,31)27-14-5-4-6-15-27/h7-13,16-17,22H,4-6,14-15H2,1-3H3,(H,25,29)(H,26,28)/t22-/m0/s1. The molecule has 2 N–H and O–H groups in total. The molecule has 7 nitrogen and oxygen atoms in total. The summed E-state index contributed by atoms with van der Waals surface area (Å²) < 4.78 is 27.4. The first-order valence-corrected chi connectivity index (χ1v) is 12.4. The van der Waals surface area contributed by atoms with E-state index in [0.717, 1.165) is 24.8 Å². The summed E-state index contributed by atoms with van der Waals surface area (Å²) in [7, 11) is -3.60. The molecule has 1 heterocycles. The number of piperidine rings is 1. The van der Waals surface area contributed by atoms with Crippen molar-refractivity contribution in [1.82, 2.24) is 9.62 Å². The van der Waals surface area contributed by atoms with Crippen LogP contribution in [0.5, 0.6) is 0 Å². The number of carbonyl (C=O) groups excluding carboxylic acids is 2. The van der Waals surface area contributed by atoms with Gasteiger partial charge in [0.05, 0.1) is 4.90 Å². The second-order valence-electron chi connectivity index (χ2n) is 8.54. The monoisotopic (exact) mass is 457 g/mol. The van der Waals surface area contributed by atoms with Gasteiger partial charge in [-0.15, -0.1) is 0 Å². The molecule has 0 bridgehead atoms. The molecule has 172 valence electrons. The lowest BCUT2D eigenvalue weighted by Crippen LogP contribution is -2.47. The number of benzene rings is 2. The van der Waals surface area contributed by atoms with Crippen molar-refractivity contribution in [3.8, 4) is 0 Å². The molecule has 0 aromatic heterocycles. The maximum absolute atomic E-state index is 13.0. The molecule has 3 rings (SSSR count). The number of nitrogens with one attached hydrogen (secondary N) is 2. The molecule has 1 aliphatic heterocycles. The minimum absolute atomic E-state index is 0.155. The van der Waals surface area contributed by atoms with Gasteiger partial charge in [0, 0.05) is 24.3 Å². The maximum atomic E-state index is 13.0. The number of amides is 2. The van der Waals surface area contributed by atoms with E-state index in [-0.39, 0.29) is 16.7 Å². The molecular weight excluding hydrogens is 426 g/mol. The van der Waals surface area contributed by atoms with Gasteiger partial charge in [0.25, 0.3) is 5.91 Å². The molecule has 32 heavy (non-hydrogen) atoms. The maximum Gasteiger partial charge on any atom is 0.251 e. The van der Waals surface area contributed by atoms with Crippen molar-refractivity contribution < 1.29 is 18.0 Å². The molecule has 1 saturated heterocycles. The molecule has 0 unspecified atom stereocenters. The summed E-state index contributed by atoms with van der Waals surface area (Å²) in [6, 6.07) is 12.6. The zero-order valence-corrected chi connectivity index (χ0v) is 19.6. The average Bonchev–Trinajstić information content (AvgIpc) is 2.78. The summed E-state index contributed by atoms with van der Waals surface area (Å²) in [5, 5.41) is 5.56. The minimum atomic E-state index is -3.60. The number of hydrogen-bond acceptors (Lipinski definition) is 4. The third kappa shape index (κ3) is 5.75. The van der Waals surface area contributed by atoms with Gasteiger partial charge in [-0.1, -0.05) is 44.0 Å². The van der Waals surface area contributed by atoms with Crippen LogP contribution < -0.4 is 10.6 Å². The lowest BCUT2D eigenvalue weighted by molar-refractivity contribution is -0.118. The summed E-state index contributed by atoms with van der Waals surface area (Å²) >= 11 is 0. The zero-order valence-electron chi connectivity index (χ0n) is 18.8. The van der Waals surface area contributed by atoms with E-state index < -0.39 is 22.0 Å². The van der Waals surface area contributed by atoms with Crippen LogP contribution in [0, 0.1) is 12.8 Å². The molecule has 2 aromatic rings. The lowest BCUT2D eigenvalue weighted by Gasteiger charge is -2.26. The summed E-state index contributed by atoms with van der Waals surface area (Å²) in [4.78, 5) is 25.7. The van der Waals surface area contributed by atoms with Gasteiger partial charge < -0.3 is 10.6 Å². The Kier molecular flexibility index (Phi) is 7.69. The minimum Gasteiger partial charge on any atom is -0.340 e. The Morgan fingerprint density at radius 2 is 1.62 bits per heavy atom. The van der Waals surface area contributed by atoms with Gasteiger partial charge in [-0.3, -0.25) is 9.59 Å². The predicted molar refractivity (Wildman–Crippen MR) is 125 cm³/mol. The van der Waals surface area contributed by atoms with Crippen LogP contribution in [0.1, 0.15) is 49.0 Å². The van der Waals surface area contributed by atoms with E-state index in [9.17, 15) is 18.0 Å². The summed E-state index contributed by atoms with van der Waals surface area (Å²) in [6.45, 7) is 6.65. The van der Waals surface area contributed by atoms with E-state index in [2.05, 4.69) is 10.6 Å². The van der Waals surface area contributed by atoms with Crippen LogP contribution in [0.4, 0.5) is 5.69 Å². The SMILES string of the molecule is Cc1ccc(C(=O)N[C@H](C(=O)Nc2cccc(S(=O)(=O)N3CCCCC3)c2)C(C)C)cc1. The van der Waals surface area contributed by atoms with Crippen LogP contribution >= 0.6 is 0 Å². The number of carbonyl (C=O) groups is 2. The Morgan fingerprint density at radius 3 is 2.25 bits per heavy atom. The second kappa shape index (κ2) is 10.3. The molecule has 1 atom stereocenters. The molecule has 0 aliphatic carbocycles. The topological polar surface area (TPSA) is 95.6 Å². The number of aryl methyl sites for hydroxylation is 1. The third-order valence-corrected chi connectivity index (χ3v) is 7.50. The van der Waals surface area contributed by atoms with Crippen LogP contribution in [0.3, 0.4) is 0 Å². The smallest absolute Gasteiger partial charge is 0.251 e. The van der Waals surface area contributed by atoms with E-state index in [1.807, 2.05) is 32.9 Å². The van der Waals surface area contributed by atoms with E-state index in [4.69, 9.17) is 0 Å². The molecule has 2 amide bonds. The van der Waals surface area contributed by atoms with Crippen LogP contribution in [-0.2, 0) is 14.8 Å². The van der Waals surface area contributed by atoms with Gasteiger partial charge in [0.1, 0.15) is 6.04 Å². The van der Waals surface area contributed by atoms with Crippen molar-refractivity contribution in [3.63, 3.8) is 0 Å². The fraction of sp³-hybridized carbons (Fsp3) is 0.417. The van der Waals surface area contributed by atoms with Gasteiger partial charge in [-0.25, -0.2) is 8.42 Å². The van der Waals surface area contributed by atoms with Crippen molar-refractivity contribution >= 4 is 27.5 Å². The molecule has 0 saturated carbocycles. The molecule has 0 radical (unpaired) electrons. The first kappa shape index (κ1) is 23.9. The molecular formula is C24H31N3O4S. The number of hydrogen-bond donors (Lipinski definition) is 2. The summed E-state index contributed by atoms with van der Waals surface area (Å²) in [6.07, 6.45) is 2.74. The molecule has 2 aromatic carbocycles.